The summed E-state index contributed by atoms with van der Waals surface area (Å²) in [6.45, 7) is 3.95. The summed E-state index contributed by atoms with van der Waals surface area (Å²) in [7, 11) is 0. The highest BCUT2D eigenvalue weighted by Crippen LogP contribution is 2.47. The molecule has 33 heavy (non-hydrogen) atoms. The van der Waals surface area contributed by atoms with Crippen LogP contribution in [0.3, 0.4) is 0 Å². The number of aromatic nitrogens is 1. The molecular weight excluding hydrogens is 430 g/mol. The Hall–Kier alpha value is -4.08. The molecule has 1 atom stereocenters. The van der Waals surface area contributed by atoms with Crippen molar-refractivity contribution in [2.45, 2.75) is 19.8 Å². The van der Waals surface area contributed by atoms with E-state index in [0.717, 1.165) is 38.9 Å². The third-order valence-electron chi connectivity index (χ3n) is 5.95. The van der Waals surface area contributed by atoms with Gasteiger partial charge in [-0.05, 0) is 66.3 Å². The second kappa shape index (κ2) is 8.12. The van der Waals surface area contributed by atoms with Gasteiger partial charge in [-0.3, -0.25) is 4.79 Å². The molecule has 6 heteroatoms. The fraction of sp³-hybridized carbons (Fsp3) is 0.111. The van der Waals surface area contributed by atoms with Crippen molar-refractivity contribution >= 4 is 34.1 Å². The van der Waals surface area contributed by atoms with E-state index >= 15 is 0 Å². The first-order valence-electron chi connectivity index (χ1n) is 10.5. The lowest BCUT2D eigenvalue weighted by Crippen LogP contribution is -2.22. The molecule has 0 radical (unpaired) electrons. The van der Waals surface area contributed by atoms with Crippen molar-refractivity contribution in [1.82, 2.24) is 4.98 Å². The number of nitriles is 1. The van der Waals surface area contributed by atoms with Crippen molar-refractivity contribution in [1.29, 1.82) is 5.26 Å². The molecule has 1 aliphatic rings. The van der Waals surface area contributed by atoms with Crippen LogP contribution in [0.1, 0.15) is 43.5 Å². The van der Waals surface area contributed by atoms with E-state index in [1.807, 2.05) is 73.8 Å². The Bertz CT molecular complexity index is 1500. The number of benzene rings is 2. The molecule has 0 aliphatic carbocycles. The summed E-state index contributed by atoms with van der Waals surface area (Å²) in [5.74, 6) is 0.360. The van der Waals surface area contributed by atoms with Crippen molar-refractivity contribution < 1.29 is 9.53 Å². The smallest absolute Gasteiger partial charge is 0.205 e. The number of hydrogen-bond donors (Lipinski definition) is 2. The van der Waals surface area contributed by atoms with Crippen LogP contribution in [0.25, 0.3) is 17.0 Å². The van der Waals surface area contributed by atoms with Crippen LogP contribution in [0.4, 0.5) is 0 Å². The number of nitrogens with zero attached hydrogens (tertiary/aromatic N) is 1. The highest BCUT2D eigenvalue weighted by molar-refractivity contribution is 7.12. The van der Waals surface area contributed by atoms with Crippen LogP contribution >= 0.6 is 11.3 Å². The number of hydrogen-bond acceptors (Lipinski definition) is 5. The van der Waals surface area contributed by atoms with E-state index in [1.54, 1.807) is 6.08 Å². The number of aromatic amines is 1. The van der Waals surface area contributed by atoms with Crippen molar-refractivity contribution in [3.8, 4) is 11.8 Å². The number of carbonyl (C=O) groups is 1. The zero-order chi connectivity index (χ0) is 23.1. The van der Waals surface area contributed by atoms with Gasteiger partial charge in [0.2, 0.25) is 5.88 Å². The summed E-state index contributed by atoms with van der Waals surface area (Å²) in [5.41, 5.74) is 12.2. The van der Waals surface area contributed by atoms with Crippen LogP contribution in [-0.2, 0) is 0 Å². The number of aryl methyl sites for hydroxylation is 2. The van der Waals surface area contributed by atoms with Crippen molar-refractivity contribution in [2.24, 2.45) is 5.73 Å². The summed E-state index contributed by atoms with van der Waals surface area (Å²) in [4.78, 5) is 16.6. The first-order valence-corrected chi connectivity index (χ1v) is 11.4. The van der Waals surface area contributed by atoms with Gasteiger partial charge in [-0.25, -0.2) is 0 Å². The minimum Gasteiger partial charge on any atom is -0.440 e. The number of ether oxygens (including phenoxy) is 1. The number of thiophene rings is 1. The lowest BCUT2D eigenvalue weighted by Gasteiger charge is -2.28. The van der Waals surface area contributed by atoms with E-state index in [1.165, 1.54) is 11.3 Å². The van der Waals surface area contributed by atoms with Gasteiger partial charge in [-0.1, -0.05) is 30.3 Å². The van der Waals surface area contributed by atoms with Crippen LogP contribution in [0.2, 0.25) is 0 Å². The van der Waals surface area contributed by atoms with E-state index in [9.17, 15) is 10.1 Å². The zero-order valence-corrected chi connectivity index (χ0v) is 19.0. The van der Waals surface area contributed by atoms with Gasteiger partial charge >= 0.3 is 0 Å². The molecule has 1 unspecified atom stereocenters. The Morgan fingerprint density at radius 2 is 2.03 bits per heavy atom. The molecule has 0 saturated carbocycles. The monoisotopic (exact) mass is 451 g/mol. The first-order chi connectivity index (χ1) is 16.0. The van der Waals surface area contributed by atoms with Gasteiger partial charge in [0.25, 0.3) is 0 Å². The maximum atomic E-state index is 12.5. The van der Waals surface area contributed by atoms with Crippen LogP contribution in [-0.4, -0.2) is 10.8 Å². The fourth-order valence-corrected chi connectivity index (χ4v) is 5.15. The minimum atomic E-state index is -0.380. The summed E-state index contributed by atoms with van der Waals surface area (Å²) >= 11 is 1.42. The zero-order valence-electron chi connectivity index (χ0n) is 18.2. The minimum absolute atomic E-state index is 0.0394. The lowest BCUT2D eigenvalue weighted by atomic mass is 9.80. The second-order valence-corrected chi connectivity index (χ2v) is 9.01. The quantitative estimate of drug-likeness (QED) is 0.296. The molecule has 2 aromatic heterocycles. The van der Waals surface area contributed by atoms with E-state index in [2.05, 4.69) is 11.1 Å². The number of ketones is 1. The predicted molar refractivity (Wildman–Crippen MR) is 131 cm³/mol. The Morgan fingerprint density at radius 3 is 2.79 bits per heavy atom. The summed E-state index contributed by atoms with van der Waals surface area (Å²) in [6.07, 6.45) is 3.39. The highest BCUT2D eigenvalue weighted by atomic mass is 32.1. The number of fused-ring (bicyclic) bond motifs is 2. The Labute approximate surface area is 195 Å². The molecule has 0 spiro atoms. The van der Waals surface area contributed by atoms with Crippen molar-refractivity contribution in [3.05, 3.63) is 104 Å². The Morgan fingerprint density at radius 1 is 1.21 bits per heavy atom. The third kappa shape index (κ3) is 3.53. The van der Waals surface area contributed by atoms with Crippen LogP contribution in [0.15, 0.2) is 71.4 Å². The molecule has 5 nitrogen and oxygen atoms in total. The third-order valence-corrected chi connectivity index (χ3v) is 6.83. The molecule has 2 aromatic carbocycles. The molecule has 4 aromatic rings. The van der Waals surface area contributed by atoms with Gasteiger partial charge in [0, 0.05) is 22.2 Å². The van der Waals surface area contributed by atoms with Crippen LogP contribution in [0.5, 0.6) is 5.75 Å². The molecule has 0 saturated heterocycles. The molecule has 3 heterocycles. The number of nitrogens with two attached hydrogens (primary N) is 1. The fourth-order valence-electron chi connectivity index (χ4n) is 4.51. The topological polar surface area (TPSA) is 91.9 Å². The van der Waals surface area contributed by atoms with Gasteiger partial charge in [0.15, 0.2) is 5.78 Å². The van der Waals surface area contributed by atoms with Crippen LogP contribution < -0.4 is 10.5 Å². The van der Waals surface area contributed by atoms with Gasteiger partial charge in [0.05, 0.1) is 10.8 Å². The average molecular weight is 452 g/mol. The van der Waals surface area contributed by atoms with Gasteiger partial charge in [0.1, 0.15) is 17.4 Å². The maximum absolute atomic E-state index is 12.5. The molecule has 162 valence electrons. The number of allylic oxidation sites excluding steroid dienone is 2. The summed E-state index contributed by atoms with van der Waals surface area (Å²) < 4.78 is 5.92. The molecule has 0 fully saturated rings. The van der Waals surface area contributed by atoms with Crippen molar-refractivity contribution in [3.63, 3.8) is 0 Å². The number of H-pyrrole nitrogens is 1. The van der Waals surface area contributed by atoms with Gasteiger partial charge < -0.3 is 15.5 Å². The lowest BCUT2D eigenvalue weighted by molar-refractivity contribution is 0.105. The largest absolute Gasteiger partial charge is 0.440 e. The molecular formula is C27H21N3O2S. The van der Waals surface area contributed by atoms with Gasteiger partial charge in [-0.2, -0.15) is 5.26 Å². The van der Waals surface area contributed by atoms with Gasteiger partial charge in [-0.15, -0.1) is 11.3 Å². The predicted octanol–water partition coefficient (Wildman–Crippen LogP) is 5.96. The first kappa shape index (κ1) is 20.8. The van der Waals surface area contributed by atoms with Crippen LogP contribution in [0, 0.1) is 25.2 Å². The maximum Gasteiger partial charge on any atom is 0.205 e. The summed E-state index contributed by atoms with van der Waals surface area (Å²) in [6, 6.07) is 17.9. The Balaban J connectivity index is 1.67. The number of nitrogens with one attached hydrogen (secondary N) is 1. The normalized spacial score (nSPS) is 15.5. The highest BCUT2D eigenvalue weighted by Gasteiger charge is 2.34. The van der Waals surface area contributed by atoms with E-state index in [4.69, 9.17) is 10.5 Å². The van der Waals surface area contributed by atoms with Crippen molar-refractivity contribution in [2.75, 3.05) is 0 Å². The molecule has 0 bridgehead atoms. The summed E-state index contributed by atoms with van der Waals surface area (Å²) in [5, 5.41) is 12.9. The molecule has 5 rings (SSSR count). The average Bonchev–Trinajstić information content (AvgIpc) is 3.45. The number of carbonyl (C=O) groups excluding carboxylic acids is 1. The second-order valence-electron chi connectivity index (χ2n) is 8.07. The van der Waals surface area contributed by atoms with E-state index in [-0.39, 0.29) is 17.6 Å². The Kier molecular flexibility index (Phi) is 5.12. The number of rotatable bonds is 4. The van der Waals surface area contributed by atoms with E-state index < -0.39 is 0 Å². The van der Waals surface area contributed by atoms with E-state index in [0.29, 0.717) is 16.2 Å². The SMILES string of the molecule is Cc1cc(/C=C/C(=O)c2cccs2)cc2c1OC(N)=C(C#N)C2c1c(C)[nH]c2ccccc12. The molecule has 1 aliphatic heterocycles. The number of para-hydroxylation sites is 1. The molecule has 0 amide bonds. The molecule has 3 N–H and O–H groups in total. The standard InChI is InChI=1S/C27H21N3O2S/c1-15-12-17(9-10-22(31)23-8-5-11-33-23)13-19-25(20(14-28)27(29)32-26(15)19)24-16(2)30-21-7-4-3-6-18(21)24/h3-13,25,30H,29H2,1-2H3/b10-9+.